The van der Waals surface area contributed by atoms with Gasteiger partial charge in [-0.1, -0.05) is 78.9 Å². The second-order valence-corrected chi connectivity index (χ2v) is 8.43. The van der Waals surface area contributed by atoms with Crippen LogP contribution in [-0.4, -0.2) is 35.8 Å². The van der Waals surface area contributed by atoms with E-state index in [2.05, 4.69) is 83.8 Å². The van der Waals surface area contributed by atoms with Gasteiger partial charge in [-0.2, -0.15) is 0 Å². The molecule has 31 heavy (non-hydrogen) atoms. The van der Waals surface area contributed by atoms with E-state index in [0.717, 1.165) is 38.8 Å². The molecule has 1 aliphatic heterocycles. The van der Waals surface area contributed by atoms with Crippen LogP contribution in [0, 0.1) is 0 Å². The Morgan fingerprint density at radius 2 is 1.45 bits per heavy atom. The summed E-state index contributed by atoms with van der Waals surface area (Å²) < 4.78 is 6.31. The molecule has 1 heterocycles. The van der Waals surface area contributed by atoms with Crippen molar-refractivity contribution >= 4 is 0 Å². The van der Waals surface area contributed by atoms with Gasteiger partial charge in [0.05, 0.1) is 13.2 Å². The number of benzene rings is 3. The van der Waals surface area contributed by atoms with Crippen LogP contribution < -0.4 is 0 Å². The van der Waals surface area contributed by atoms with Crippen LogP contribution in [0.25, 0.3) is 11.1 Å². The zero-order valence-corrected chi connectivity index (χ0v) is 18.2. The van der Waals surface area contributed by atoms with Gasteiger partial charge in [-0.25, -0.2) is 0 Å². The van der Waals surface area contributed by atoms with E-state index in [1.54, 1.807) is 0 Å². The van der Waals surface area contributed by atoms with Crippen LogP contribution in [0.3, 0.4) is 0 Å². The summed E-state index contributed by atoms with van der Waals surface area (Å²) in [6.45, 7) is 3.54. The molecule has 0 saturated carbocycles. The highest BCUT2D eigenvalue weighted by Gasteiger charge is 2.23. The first-order valence-electron chi connectivity index (χ1n) is 11.5. The highest BCUT2D eigenvalue weighted by molar-refractivity contribution is 5.70. The molecule has 1 unspecified atom stereocenters. The molecule has 0 radical (unpaired) electrons. The van der Waals surface area contributed by atoms with Gasteiger partial charge in [0.1, 0.15) is 0 Å². The quantitative estimate of drug-likeness (QED) is 0.520. The smallest absolute Gasteiger partial charge is 0.0723 e. The third-order valence-electron chi connectivity index (χ3n) is 6.20. The third-order valence-corrected chi connectivity index (χ3v) is 6.20. The predicted octanol–water partition coefficient (Wildman–Crippen LogP) is 5.46. The van der Waals surface area contributed by atoms with Gasteiger partial charge in [0.15, 0.2) is 0 Å². The van der Waals surface area contributed by atoms with Gasteiger partial charge in [-0.3, -0.25) is 4.90 Å². The van der Waals surface area contributed by atoms with E-state index < -0.39 is 0 Å². The van der Waals surface area contributed by atoms with E-state index in [4.69, 9.17) is 4.74 Å². The van der Waals surface area contributed by atoms with Crippen molar-refractivity contribution in [1.29, 1.82) is 0 Å². The summed E-state index contributed by atoms with van der Waals surface area (Å²) in [5.74, 6) is 0. The van der Waals surface area contributed by atoms with E-state index in [1.165, 1.54) is 27.8 Å². The van der Waals surface area contributed by atoms with Gasteiger partial charge in [-0.15, -0.1) is 0 Å². The minimum atomic E-state index is 0.274. The number of nitrogens with zero attached hydrogens (tertiary/aromatic N) is 1. The summed E-state index contributed by atoms with van der Waals surface area (Å²) in [6.07, 6.45) is 3.99. The van der Waals surface area contributed by atoms with Crippen molar-refractivity contribution in [3.8, 4) is 11.1 Å². The Hall–Kier alpha value is -2.46. The number of ether oxygens (including phenoxy) is 1. The fourth-order valence-corrected chi connectivity index (χ4v) is 4.53. The first-order chi connectivity index (χ1) is 15.3. The Morgan fingerprint density at radius 1 is 0.774 bits per heavy atom. The number of rotatable bonds is 7. The molecule has 0 saturated heterocycles. The summed E-state index contributed by atoms with van der Waals surface area (Å²) in [5, 5.41) is 9.19. The number of aliphatic hydroxyl groups is 1. The Bertz CT molecular complexity index is 941. The molecule has 1 atom stereocenters. The van der Waals surface area contributed by atoms with Crippen LogP contribution in [0.5, 0.6) is 0 Å². The van der Waals surface area contributed by atoms with Gasteiger partial charge in [0.25, 0.3) is 0 Å². The molecule has 0 aromatic heterocycles. The van der Waals surface area contributed by atoms with Crippen molar-refractivity contribution in [3.63, 3.8) is 0 Å². The first-order valence-corrected chi connectivity index (χ1v) is 11.5. The summed E-state index contributed by atoms with van der Waals surface area (Å²) in [6, 6.07) is 28.5. The minimum absolute atomic E-state index is 0.274. The van der Waals surface area contributed by atoms with Crippen LogP contribution in [-0.2, 0) is 24.3 Å². The standard InChI is InChI=1S/C28H33NO2/c30-18-10-2-9-17-29-20-24-13-5-7-15-27(24)28-16-8-6-14-25(28)21-31-22-26(29)19-23-11-3-1-4-12-23/h1,3-8,11-16,26,30H,2,9-10,17-22H2. The van der Waals surface area contributed by atoms with Crippen LogP contribution in [0.4, 0.5) is 0 Å². The lowest BCUT2D eigenvalue weighted by atomic mass is 9.94. The van der Waals surface area contributed by atoms with E-state index in [9.17, 15) is 5.11 Å². The number of hydrogen-bond donors (Lipinski definition) is 1. The Kier molecular flexibility index (Phi) is 7.89. The van der Waals surface area contributed by atoms with Crippen molar-refractivity contribution < 1.29 is 9.84 Å². The Balaban J connectivity index is 1.65. The highest BCUT2D eigenvalue weighted by atomic mass is 16.5. The lowest BCUT2D eigenvalue weighted by Crippen LogP contribution is -2.41. The maximum atomic E-state index is 9.19. The van der Waals surface area contributed by atoms with Crippen molar-refractivity contribution in [1.82, 2.24) is 4.90 Å². The van der Waals surface area contributed by atoms with Crippen LogP contribution >= 0.6 is 0 Å². The Labute approximate surface area is 186 Å². The summed E-state index contributed by atoms with van der Waals surface area (Å²) in [7, 11) is 0. The monoisotopic (exact) mass is 415 g/mol. The highest BCUT2D eigenvalue weighted by Crippen LogP contribution is 2.30. The third kappa shape index (κ3) is 5.82. The molecule has 3 nitrogen and oxygen atoms in total. The van der Waals surface area contributed by atoms with Gasteiger partial charge in [0, 0.05) is 19.2 Å². The number of hydrogen-bond acceptors (Lipinski definition) is 3. The molecule has 3 heteroatoms. The maximum absolute atomic E-state index is 9.19. The largest absolute Gasteiger partial charge is 0.396 e. The molecule has 4 rings (SSSR count). The fraction of sp³-hybridized carbons (Fsp3) is 0.357. The normalized spacial score (nSPS) is 17.0. The molecule has 0 amide bonds. The Morgan fingerprint density at radius 3 is 2.23 bits per heavy atom. The molecule has 1 N–H and O–H groups in total. The predicted molar refractivity (Wildman–Crippen MR) is 127 cm³/mol. The fourth-order valence-electron chi connectivity index (χ4n) is 4.53. The van der Waals surface area contributed by atoms with Crippen molar-refractivity contribution in [2.45, 2.75) is 44.9 Å². The number of aliphatic hydroxyl groups excluding tert-OH is 1. The van der Waals surface area contributed by atoms with Crippen molar-refractivity contribution in [2.75, 3.05) is 19.8 Å². The van der Waals surface area contributed by atoms with Crippen LogP contribution in [0.15, 0.2) is 78.9 Å². The van der Waals surface area contributed by atoms with Crippen LogP contribution in [0.2, 0.25) is 0 Å². The van der Waals surface area contributed by atoms with Gasteiger partial charge < -0.3 is 9.84 Å². The minimum Gasteiger partial charge on any atom is -0.396 e. The molecule has 0 aliphatic carbocycles. The van der Waals surface area contributed by atoms with Crippen LogP contribution in [0.1, 0.15) is 36.0 Å². The maximum Gasteiger partial charge on any atom is 0.0723 e. The number of unbranched alkanes of at least 4 members (excludes halogenated alkanes) is 2. The SMILES string of the molecule is OCCCCCN1Cc2ccccc2-c2ccccc2COCC1Cc1ccccc1. The number of fused-ring (bicyclic) bond motifs is 3. The second-order valence-electron chi connectivity index (χ2n) is 8.43. The summed E-state index contributed by atoms with van der Waals surface area (Å²) >= 11 is 0. The average Bonchev–Trinajstić information content (AvgIpc) is 2.82. The lowest BCUT2D eigenvalue weighted by molar-refractivity contribution is 0.0450. The zero-order chi connectivity index (χ0) is 21.3. The molecule has 3 aromatic rings. The molecule has 162 valence electrons. The lowest BCUT2D eigenvalue weighted by Gasteiger charge is -2.34. The molecular weight excluding hydrogens is 382 g/mol. The second kappa shape index (κ2) is 11.2. The molecule has 0 bridgehead atoms. The molecular formula is C28H33NO2. The van der Waals surface area contributed by atoms with Crippen molar-refractivity contribution in [3.05, 3.63) is 95.6 Å². The average molecular weight is 416 g/mol. The summed E-state index contributed by atoms with van der Waals surface area (Å²) in [4.78, 5) is 2.59. The first kappa shape index (κ1) is 21.8. The topological polar surface area (TPSA) is 32.7 Å². The van der Waals surface area contributed by atoms with E-state index in [0.29, 0.717) is 19.3 Å². The van der Waals surface area contributed by atoms with E-state index >= 15 is 0 Å². The van der Waals surface area contributed by atoms with Gasteiger partial charge >= 0.3 is 0 Å². The molecule has 3 aromatic carbocycles. The van der Waals surface area contributed by atoms with E-state index in [-0.39, 0.29) is 6.61 Å². The van der Waals surface area contributed by atoms with Gasteiger partial charge in [0.2, 0.25) is 0 Å². The molecule has 0 spiro atoms. The van der Waals surface area contributed by atoms with Gasteiger partial charge in [-0.05, 0) is 60.0 Å². The zero-order valence-electron chi connectivity index (χ0n) is 18.2. The summed E-state index contributed by atoms with van der Waals surface area (Å²) in [5.41, 5.74) is 6.56. The molecule has 0 fully saturated rings. The molecule has 1 aliphatic rings. The van der Waals surface area contributed by atoms with E-state index in [1.807, 2.05) is 0 Å². The van der Waals surface area contributed by atoms with Crippen molar-refractivity contribution in [2.24, 2.45) is 0 Å².